The summed E-state index contributed by atoms with van der Waals surface area (Å²) >= 11 is 0. The molecular formula is C14H22O. The van der Waals surface area contributed by atoms with Crippen molar-refractivity contribution in [2.24, 2.45) is 5.41 Å². The summed E-state index contributed by atoms with van der Waals surface area (Å²) in [6.45, 7) is 12.6. The van der Waals surface area contributed by atoms with Crippen molar-refractivity contribution in [1.82, 2.24) is 0 Å². The topological polar surface area (TPSA) is 20.2 Å². The maximum absolute atomic E-state index is 8.63. The van der Waals surface area contributed by atoms with Gasteiger partial charge < -0.3 is 5.11 Å². The molecule has 0 aromatic heterocycles. The van der Waals surface area contributed by atoms with E-state index in [9.17, 15) is 0 Å². The zero-order chi connectivity index (χ0) is 11.9. The molecule has 0 saturated carbocycles. The molecule has 1 aromatic rings. The first-order chi connectivity index (χ1) is 6.81. The molecule has 0 fully saturated rings. The lowest BCUT2D eigenvalue weighted by molar-refractivity contribution is 0.410. The van der Waals surface area contributed by atoms with Crippen molar-refractivity contribution in [2.45, 2.75) is 34.1 Å². The number of phenolic OH excluding ortho intramolecular Hbond substituents is 1. The van der Waals surface area contributed by atoms with Gasteiger partial charge in [0.15, 0.2) is 0 Å². The second kappa shape index (κ2) is 6.28. The van der Waals surface area contributed by atoms with Crippen LogP contribution >= 0.6 is 0 Å². The van der Waals surface area contributed by atoms with Crippen LogP contribution in [0, 0.1) is 5.41 Å². The number of rotatable bonds is 1. The number of benzene rings is 1. The van der Waals surface area contributed by atoms with Gasteiger partial charge in [-0.3, -0.25) is 0 Å². The largest absolute Gasteiger partial charge is 0.508 e. The second-order valence-corrected chi connectivity index (χ2v) is 5.03. The van der Waals surface area contributed by atoms with Gasteiger partial charge in [0.1, 0.15) is 5.75 Å². The van der Waals surface area contributed by atoms with E-state index in [1.165, 1.54) is 5.57 Å². The highest BCUT2D eigenvalue weighted by Gasteiger charge is 2.08. The molecule has 1 nitrogen and oxygen atoms in total. The molecular weight excluding hydrogens is 184 g/mol. The molecule has 0 spiro atoms. The molecule has 1 rings (SSSR count). The molecule has 0 radical (unpaired) electrons. The number of phenols is 1. The van der Waals surface area contributed by atoms with Gasteiger partial charge in [-0.2, -0.15) is 0 Å². The van der Waals surface area contributed by atoms with Crippen molar-refractivity contribution in [1.29, 1.82) is 0 Å². The third-order valence-electron chi connectivity index (χ3n) is 1.59. The number of para-hydroxylation sites is 1. The number of allylic oxidation sites excluding steroid dienone is 1. The van der Waals surface area contributed by atoms with Gasteiger partial charge in [-0.1, -0.05) is 44.5 Å². The van der Waals surface area contributed by atoms with Gasteiger partial charge in [-0.25, -0.2) is 0 Å². The van der Waals surface area contributed by atoms with Crippen molar-refractivity contribution in [2.75, 3.05) is 0 Å². The van der Waals surface area contributed by atoms with Crippen molar-refractivity contribution >= 4 is 0 Å². The van der Waals surface area contributed by atoms with Crippen LogP contribution in [-0.2, 0) is 0 Å². The zero-order valence-corrected chi connectivity index (χ0v) is 10.2. The SMILES string of the molecule is C=C(C)CC(C)(C)C.Oc1ccccc1. The van der Waals surface area contributed by atoms with Gasteiger partial charge in [0.05, 0.1) is 0 Å². The van der Waals surface area contributed by atoms with Crippen LogP contribution in [0.4, 0.5) is 0 Å². The summed E-state index contributed by atoms with van der Waals surface area (Å²) in [7, 11) is 0. The van der Waals surface area contributed by atoms with Crippen molar-refractivity contribution in [3.63, 3.8) is 0 Å². The summed E-state index contributed by atoms with van der Waals surface area (Å²) in [6, 6.07) is 8.71. The normalized spacial score (nSPS) is 10.1. The molecule has 0 saturated heterocycles. The second-order valence-electron chi connectivity index (χ2n) is 5.03. The highest BCUT2D eigenvalue weighted by molar-refractivity contribution is 5.18. The lowest BCUT2D eigenvalue weighted by Gasteiger charge is -2.17. The third-order valence-corrected chi connectivity index (χ3v) is 1.59. The van der Waals surface area contributed by atoms with E-state index in [2.05, 4.69) is 34.3 Å². The summed E-state index contributed by atoms with van der Waals surface area (Å²) in [4.78, 5) is 0. The van der Waals surface area contributed by atoms with Crippen molar-refractivity contribution in [3.8, 4) is 5.75 Å². The number of hydrogen-bond acceptors (Lipinski definition) is 1. The summed E-state index contributed by atoms with van der Waals surface area (Å²) in [5.74, 6) is 0.322. The van der Waals surface area contributed by atoms with Crippen LogP contribution in [0.1, 0.15) is 34.1 Å². The molecule has 0 heterocycles. The van der Waals surface area contributed by atoms with Crippen molar-refractivity contribution < 1.29 is 5.11 Å². The van der Waals surface area contributed by atoms with E-state index in [1.807, 2.05) is 6.07 Å². The molecule has 0 aliphatic carbocycles. The Bertz CT molecular complexity index is 280. The average molecular weight is 206 g/mol. The first kappa shape index (κ1) is 13.8. The molecule has 1 N–H and O–H groups in total. The maximum Gasteiger partial charge on any atom is 0.115 e. The third kappa shape index (κ3) is 10.7. The summed E-state index contributed by atoms with van der Waals surface area (Å²) in [6.07, 6.45) is 1.13. The monoisotopic (exact) mass is 206 g/mol. The van der Waals surface area contributed by atoms with Gasteiger partial charge in [0, 0.05) is 0 Å². The van der Waals surface area contributed by atoms with E-state index >= 15 is 0 Å². The highest BCUT2D eigenvalue weighted by atomic mass is 16.3. The Morgan fingerprint density at radius 1 is 1.20 bits per heavy atom. The summed E-state index contributed by atoms with van der Waals surface area (Å²) in [5.41, 5.74) is 1.70. The predicted molar refractivity (Wildman–Crippen MR) is 67.0 cm³/mol. The number of aromatic hydroxyl groups is 1. The van der Waals surface area contributed by atoms with Gasteiger partial charge in [-0.15, -0.1) is 6.58 Å². The Labute approximate surface area is 93.5 Å². The lowest BCUT2D eigenvalue weighted by Crippen LogP contribution is -2.03. The van der Waals surface area contributed by atoms with Crippen molar-refractivity contribution in [3.05, 3.63) is 42.5 Å². The first-order valence-electron chi connectivity index (χ1n) is 5.19. The molecule has 15 heavy (non-hydrogen) atoms. The lowest BCUT2D eigenvalue weighted by atomic mass is 9.89. The minimum atomic E-state index is 0.322. The maximum atomic E-state index is 8.63. The smallest absolute Gasteiger partial charge is 0.115 e. The fourth-order valence-electron chi connectivity index (χ4n) is 1.33. The number of hydrogen-bond donors (Lipinski definition) is 1. The molecule has 0 aliphatic rings. The van der Waals surface area contributed by atoms with Gasteiger partial charge in [0.25, 0.3) is 0 Å². The van der Waals surface area contributed by atoms with Gasteiger partial charge in [-0.05, 0) is 30.9 Å². The van der Waals surface area contributed by atoms with Crippen LogP contribution in [0.15, 0.2) is 42.5 Å². The molecule has 1 aromatic carbocycles. The molecule has 84 valence electrons. The van der Waals surface area contributed by atoms with E-state index in [4.69, 9.17) is 5.11 Å². The van der Waals surface area contributed by atoms with Crippen LogP contribution in [0.3, 0.4) is 0 Å². The first-order valence-corrected chi connectivity index (χ1v) is 5.19. The fourth-order valence-corrected chi connectivity index (χ4v) is 1.33. The van der Waals surface area contributed by atoms with Crippen LogP contribution in [-0.4, -0.2) is 5.11 Å². The predicted octanol–water partition coefficient (Wildman–Crippen LogP) is 4.39. The Kier molecular flexibility index (Phi) is 5.76. The highest BCUT2D eigenvalue weighted by Crippen LogP contribution is 2.22. The van der Waals surface area contributed by atoms with E-state index in [0.29, 0.717) is 11.2 Å². The van der Waals surface area contributed by atoms with E-state index in [0.717, 1.165) is 6.42 Å². The van der Waals surface area contributed by atoms with Crippen LogP contribution in [0.2, 0.25) is 0 Å². The Balaban J connectivity index is 0.000000262. The molecule has 0 unspecified atom stereocenters. The Morgan fingerprint density at radius 3 is 1.80 bits per heavy atom. The van der Waals surface area contributed by atoms with E-state index in [-0.39, 0.29) is 0 Å². The van der Waals surface area contributed by atoms with Crippen LogP contribution in [0.5, 0.6) is 5.75 Å². The fraction of sp³-hybridized carbons (Fsp3) is 0.429. The van der Waals surface area contributed by atoms with Gasteiger partial charge in [0.2, 0.25) is 0 Å². The van der Waals surface area contributed by atoms with Gasteiger partial charge >= 0.3 is 0 Å². The molecule has 0 atom stereocenters. The molecule has 1 heteroatoms. The quantitative estimate of drug-likeness (QED) is 0.676. The summed E-state index contributed by atoms with van der Waals surface area (Å²) < 4.78 is 0. The van der Waals surface area contributed by atoms with E-state index in [1.54, 1.807) is 24.3 Å². The Morgan fingerprint density at radius 2 is 1.67 bits per heavy atom. The summed E-state index contributed by atoms with van der Waals surface area (Å²) in [5, 5.41) is 8.63. The molecule has 0 aliphatic heterocycles. The zero-order valence-electron chi connectivity index (χ0n) is 10.2. The molecule has 0 bridgehead atoms. The Hall–Kier alpha value is -1.24. The standard InChI is InChI=1S/C8H16.C6H6O/c1-7(2)6-8(3,4)5;7-6-4-2-1-3-5-6/h1,6H2,2-5H3;1-5,7H. The molecule has 0 amide bonds. The van der Waals surface area contributed by atoms with Crippen LogP contribution < -0.4 is 0 Å². The minimum Gasteiger partial charge on any atom is -0.508 e. The minimum absolute atomic E-state index is 0.322. The van der Waals surface area contributed by atoms with E-state index < -0.39 is 0 Å². The average Bonchev–Trinajstić information content (AvgIpc) is 2.01. The van der Waals surface area contributed by atoms with Crippen LogP contribution in [0.25, 0.3) is 0 Å².